The molecule has 0 saturated carbocycles. The lowest BCUT2D eigenvalue weighted by Crippen LogP contribution is -2.36. The van der Waals surface area contributed by atoms with Gasteiger partial charge in [-0.3, -0.25) is 0 Å². The Morgan fingerprint density at radius 3 is 2.18 bits per heavy atom. The molecule has 0 amide bonds. The summed E-state index contributed by atoms with van der Waals surface area (Å²) < 4.78 is 47.4. The van der Waals surface area contributed by atoms with Crippen LogP contribution in [0.15, 0.2) is 11.6 Å². The van der Waals surface area contributed by atoms with Gasteiger partial charge in [0.15, 0.2) is 0 Å². The van der Waals surface area contributed by atoms with Gasteiger partial charge in [-0.05, 0) is 11.6 Å². The van der Waals surface area contributed by atoms with E-state index in [1.165, 1.54) is 0 Å². The SMILES string of the molecule is FC(F)C(F)(F)C=C1CNC1. The molecule has 0 bridgehead atoms. The number of halogens is 4. The Bertz CT molecular complexity index is 169. The van der Waals surface area contributed by atoms with Gasteiger partial charge in [-0.2, -0.15) is 8.78 Å². The first-order chi connectivity index (χ1) is 5.02. The average Bonchev–Trinajstić information content (AvgIpc) is 1.79. The second kappa shape index (κ2) is 2.81. The lowest BCUT2D eigenvalue weighted by molar-refractivity contribution is -0.0914. The van der Waals surface area contributed by atoms with Crippen LogP contribution in [-0.2, 0) is 0 Å². The van der Waals surface area contributed by atoms with E-state index in [1.807, 2.05) is 0 Å². The van der Waals surface area contributed by atoms with Gasteiger partial charge in [-0.25, -0.2) is 8.78 Å². The summed E-state index contributed by atoms with van der Waals surface area (Å²) in [5.41, 5.74) is 0.343. The van der Waals surface area contributed by atoms with Gasteiger partial charge < -0.3 is 5.32 Å². The van der Waals surface area contributed by atoms with E-state index < -0.39 is 12.3 Å². The van der Waals surface area contributed by atoms with E-state index in [0.717, 1.165) is 0 Å². The summed E-state index contributed by atoms with van der Waals surface area (Å²) in [7, 11) is 0. The summed E-state index contributed by atoms with van der Waals surface area (Å²) in [6.45, 7) is 0.588. The fraction of sp³-hybridized carbons (Fsp3) is 0.667. The maximum absolute atomic E-state index is 12.2. The Morgan fingerprint density at radius 1 is 1.36 bits per heavy atom. The van der Waals surface area contributed by atoms with Crippen LogP contribution in [0.4, 0.5) is 17.6 Å². The third-order valence-corrected chi connectivity index (χ3v) is 1.39. The van der Waals surface area contributed by atoms with Crippen molar-refractivity contribution in [1.29, 1.82) is 0 Å². The molecule has 0 aliphatic carbocycles. The second-order valence-corrected chi connectivity index (χ2v) is 2.38. The largest absolute Gasteiger partial charge is 0.326 e. The molecule has 1 rings (SSSR count). The van der Waals surface area contributed by atoms with Crippen LogP contribution < -0.4 is 5.32 Å². The van der Waals surface area contributed by atoms with Crippen LogP contribution in [0, 0.1) is 0 Å². The normalized spacial score (nSPS) is 18.5. The molecule has 1 nitrogen and oxygen atoms in total. The van der Waals surface area contributed by atoms with Gasteiger partial charge in [0.25, 0.3) is 0 Å². The summed E-state index contributed by atoms with van der Waals surface area (Å²) in [5, 5.41) is 2.68. The quantitative estimate of drug-likeness (QED) is 0.487. The average molecular weight is 169 g/mol. The second-order valence-electron chi connectivity index (χ2n) is 2.38. The van der Waals surface area contributed by atoms with Crippen molar-refractivity contribution in [3.8, 4) is 0 Å². The van der Waals surface area contributed by atoms with Crippen LogP contribution in [0.3, 0.4) is 0 Å². The molecule has 5 heteroatoms. The smallest absolute Gasteiger partial charge is 0.309 e. The van der Waals surface area contributed by atoms with Crippen LogP contribution in [0.1, 0.15) is 0 Å². The van der Waals surface area contributed by atoms with Gasteiger partial charge in [0, 0.05) is 13.1 Å². The predicted molar refractivity (Wildman–Crippen MR) is 31.9 cm³/mol. The van der Waals surface area contributed by atoms with E-state index >= 15 is 0 Å². The van der Waals surface area contributed by atoms with Crippen molar-refractivity contribution in [2.24, 2.45) is 0 Å². The van der Waals surface area contributed by atoms with Crippen molar-refractivity contribution in [2.75, 3.05) is 13.1 Å². The molecule has 0 unspecified atom stereocenters. The molecule has 1 fully saturated rings. The molecule has 1 heterocycles. The maximum atomic E-state index is 12.2. The van der Waals surface area contributed by atoms with Gasteiger partial charge in [0.2, 0.25) is 0 Å². The van der Waals surface area contributed by atoms with E-state index in [9.17, 15) is 17.6 Å². The summed E-state index contributed by atoms with van der Waals surface area (Å²) >= 11 is 0. The highest BCUT2D eigenvalue weighted by atomic mass is 19.3. The molecular formula is C6H7F4N. The first-order valence-corrected chi connectivity index (χ1v) is 3.09. The molecule has 64 valence electrons. The number of nitrogens with one attached hydrogen (secondary N) is 1. The Labute approximate surface area is 61.1 Å². The van der Waals surface area contributed by atoms with E-state index in [2.05, 4.69) is 5.32 Å². The standard InChI is InChI=1S/C6H7F4N/c7-5(8)6(9,10)1-4-2-11-3-4/h1,5,11H,2-3H2. The first-order valence-electron chi connectivity index (χ1n) is 3.09. The van der Waals surface area contributed by atoms with Crippen molar-refractivity contribution in [3.05, 3.63) is 11.6 Å². The molecule has 0 spiro atoms. The molecule has 0 atom stereocenters. The van der Waals surface area contributed by atoms with Crippen LogP contribution >= 0.6 is 0 Å². The molecule has 0 aromatic carbocycles. The fourth-order valence-electron chi connectivity index (χ4n) is 0.707. The minimum atomic E-state index is -3.96. The summed E-state index contributed by atoms with van der Waals surface area (Å²) in [6, 6.07) is 0. The molecule has 1 aliphatic heterocycles. The van der Waals surface area contributed by atoms with Gasteiger partial charge in [0.1, 0.15) is 0 Å². The highest BCUT2D eigenvalue weighted by molar-refractivity contribution is 5.18. The van der Waals surface area contributed by atoms with Gasteiger partial charge in [-0.1, -0.05) is 0 Å². The number of alkyl halides is 4. The first kappa shape index (κ1) is 8.52. The van der Waals surface area contributed by atoms with Gasteiger partial charge in [0.05, 0.1) is 0 Å². The third-order valence-electron chi connectivity index (χ3n) is 1.39. The van der Waals surface area contributed by atoms with E-state index in [-0.39, 0.29) is 0 Å². The number of hydrogen-bond donors (Lipinski definition) is 1. The molecule has 1 N–H and O–H groups in total. The Hall–Kier alpha value is -0.580. The van der Waals surface area contributed by atoms with E-state index in [1.54, 1.807) is 0 Å². The Kier molecular flexibility index (Phi) is 2.17. The molecule has 11 heavy (non-hydrogen) atoms. The van der Waals surface area contributed by atoms with Crippen molar-refractivity contribution >= 4 is 0 Å². The van der Waals surface area contributed by atoms with E-state index in [0.29, 0.717) is 24.7 Å². The van der Waals surface area contributed by atoms with Crippen molar-refractivity contribution in [3.63, 3.8) is 0 Å². The fourth-order valence-corrected chi connectivity index (χ4v) is 0.707. The Morgan fingerprint density at radius 2 is 1.91 bits per heavy atom. The van der Waals surface area contributed by atoms with Crippen molar-refractivity contribution in [2.45, 2.75) is 12.3 Å². The zero-order chi connectivity index (χ0) is 8.48. The molecular weight excluding hydrogens is 162 g/mol. The zero-order valence-corrected chi connectivity index (χ0v) is 5.58. The number of allylic oxidation sites excluding steroid dienone is 1. The topological polar surface area (TPSA) is 12.0 Å². The molecule has 1 aliphatic rings. The van der Waals surface area contributed by atoms with E-state index in [4.69, 9.17) is 0 Å². The van der Waals surface area contributed by atoms with Gasteiger partial charge in [-0.15, -0.1) is 0 Å². The summed E-state index contributed by atoms with van der Waals surface area (Å²) in [4.78, 5) is 0. The third kappa shape index (κ3) is 1.92. The monoisotopic (exact) mass is 169 g/mol. The summed E-state index contributed by atoms with van der Waals surface area (Å²) in [5.74, 6) is -3.96. The van der Waals surface area contributed by atoms with Crippen LogP contribution in [0.5, 0.6) is 0 Å². The maximum Gasteiger partial charge on any atom is 0.326 e. The molecule has 1 saturated heterocycles. The van der Waals surface area contributed by atoms with Crippen molar-refractivity contribution in [1.82, 2.24) is 5.32 Å². The lowest BCUT2D eigenvalue weighted by atomic mass is 10.1. The minimum absolute atomic E-state index is 0.294. The Balaban J connectivity index is 2.57. The van der Waals surface area contributed by atoms with Crippen molar-refractivity contribution < 1.29 is 17.6 Å². The van der Waals surface area contributed by atoms with Crippen LogP contribution in [0.2, 0.25) is 0 Å². The zero-order valence-electron chi connectivity index (χ0n) is 5.58. The predicted octanol–water partition coefficient (Wildman–Crippen LogP) is 1.42. The van der Waals surface area contributed by atoms with Crippen LogP contribution in [-0.4, -0.2) is 25.4 Å². The highest BCUT2D eigenvalue weighted by Crippen LogP contribution is 2.26. The lowest BCUT2D eigenvalue weighted by Gasteiger charge is -2.21. The molecule has 0 aromatic rings. The number of hydrogen-bond acceptors (Lipinski definition) is 1. The summed E-state index contributed by atoms with van der Waals surface area (Å²) in [6.07, 6.45) is -3.26. The molecule has 0 aromatic heterocycles. The van der Waals surface area contributed by atoms with Gasteiger partial charge >= 0.3 is 12.3 Å². The van der Waals surface area contributed by atoms with Crippen LogP contribution in [0.25, 0.3) is 0 Å². The number of rotatable bonds is 2. The molecule has 0 radical (unpaired) electrons. The minimum Gasteiger partial charge on any atom is -0.309 e. The highest BCUT2D eigenvalue weighted by Gasteiger charge is 2.38.